The van der Waals surface area contributed by atoms with Gasteiger partial charge in [0.1, 0.15) is 0 Å². The van der Waals surface area contributed by atoms with Crippen molar-refractivity contribution in [2.75, 3.05) is 6.23 Å². The van der Waals surface area contributed by atoms with E-state index in [0.717, 1.165) is 0 Å². The van der Waals surface area contributed by atoms with Gasteiger partial charge in [0.2, 0.25) is 0 Å². The van der Waals surface area contributed by atoms with Crippen LogP contribution in [-0.2, 0) is 4.43 Å². The van der Waals surface area contributed by atoms with Crippen molar-refractivity contribution >= 4 is 29.6 Å². The summed E-state index contributed by atoms with van der Waals surface area (Å²) >= 11 is 0. The van der Waals surface area contributed by atoms with E-state index in [1.165, 1.54) is 69.7 Å². The molecule has 0 amide bonds. The lowest BCUT2D eigenvalue weighted by molar-refractivity contribution is 0.364. The predicted molar refractivity (Wildman–Crippen MR) is 150 cm³/mol. The van der Waals surface area contributed by atoms with Crippen LogP contribution in [0.15, 0.2) is 0 Å². The molecule has 0 saturated carbocycles. The molecule has 180 valence electrons. The summed E-state index contributed by atoms with van der Waals surface area (Å²) in [6.07, 6.45) is 12.8. The Morgan fingerprint density at radius 2 is 0.767 bits per heavy atom. The SMILES string of the molecule is CCC[Si]1(CCC)CO[Si](CCC)(CCC)[Si](CCC)(CCC)[Si]1(CCC)CCC. The van der Waals surface area contributed by atoms with E-state index in [1.807, 2.05) is 0 Å². The first-order valence-corrected chi connectivity index (χ1v) is 26.9. The average Bonchev–Trinajstić information content (AvgIpc) is 2.71. The highest BCUT2D eigenvalue weighted by Gasteiger charge is 2.73. The molecule has 5 heteroatoms. The van der Waals surface area contributed by atoms with Gasteiger partial charge in [-0.25, -0.2) is 0 Å². The van der Waals surface area contributed by atoms with Gasteiger partial charge in [-0.3, -0.25) is 0 Å². The zero-order chi connectivity index (χ0) is 22.7. The summed E-state index contributed by atoms with van der Waals surface area (Å²) in [5.41, 5.74) is 0. The quantitative estimate of drug-likeness (QED) is 0.197. The fourth-order valence-electron chi connectivity index (χ4n) is 8.66. The van der Waals surface area contributed by atoms with Crippen molar-refractivity contribution in [3.8, 4) is 0 Å². The highest BCUT2D eigenvalue weighted by Crippen LogP contribution is 2.56. The molecular weight excluding hydrogens is 429 g/mol. The molecule has 30 heavy (non-hydrogen) atoms. The molecule has 0 spiro atoms. The van der Waals surface area contributed by atoms with Crippen molar-refractivity contribution in [2.24, 2.45) is 0 Å². The Morgan fingerprint density at radius 1 is 0.433 bits per heavy atom. The van der Waals surface area contributed by atoms with Crippen LogP contribution in [0.5, 0.6) is 0 Å². The summed E-state index contributed by atoms with van der Waals surface area (Å²) in [7, 11) is -5.71. The fourth-order valence-corrected chi connectivity index (χ4v) is 103. The van der Waals surface area contributed by atoms with Crippen molar-refractivity contribution in [1.82, 2.24) is 0 Å². The van der Waals surface area contributed by atoms with Crippen LogP contribution in [0.25, 0.3) is 0 Å². The zero-order valence-corrected chi connectivity index (χ0v) is 26.4. The lowest BCUT2D eigenvalue weighted by atomic mass is 10.6. The van der Waals surface area contributed by atoms with Gasteiger partial charge in [0.25, 0.3) is 0 Å². The van der Waals surface area contributed by atoms with E-state index in [9.17, 15) is 0 Å². The predicted octanol–water partition coefficient (Wildman–Crippen LogP) is 9.36. The van der Waals surface area contributed by atoms with Crippen molar-refractivity contribution in [2.45, 2.75) is 155 Å². The molecule has 0 aromatic carbocycles. The summed E-state index contributed by atoms with van der Waals surface area (Å²) in [6, 6.07) is 12.9. The first-order valence-electron chi connectivity index (χ1n) is 14.1. The van der Waals surface area contributed by atoms with E-state index >= 15 is 0 Å². The van der Waals surface area contributed by atoms with E-state index in [-0.39, 0.29) is 0 Å². The van der Waals surface area contributed by atoms with Crippen molar-refractivity contribution in [1.29, 1.82) is 0 Å². The molecule has 1 nitrogen and oxygen atoms in total. The molecule has 0 bridgehead atoms. The second-order valence-electron chi connectivity index (χ2n) is 10.7. The third kappa shape index (κ3) is 5.00. The van der Waals surface area contributed by atoms with Crippen molar-refractivity contribution in [3.05, 3.63) is 0 Å². The van der Waals surface area contributed by atoms with E-state index < -0.39 is 29.6 Å². The van der Waals surface area contributed by atoms with Crippen molar-refractivity contribution in [3.63, 3.8) is 0 Å². The van der Waals surface area contributed by atoms with Gasteiger partial charge in [-0.05, 0) is 12.1 Å². The minimum atomic E-state index is -1.63. The van der Waals surface area contributed by atoms with Crippen molar-refractivity contribution < 1.29 is 4.43 Å². The lowest BCUT2D eigenvalue weighted by Gasteiger charge is -2.68. The van der Waals surface area contributed by atoms with Crippen LogP contribution in [0, 0.1) is 0 Å². The first kappa shape index (κ1) is 28.9. The lowest BCUT2D eigenvalue weighted by Crippen LogP contribution is -2.91. The Balaban J connectivity index is 3.98. The Labute approximate surface area is 195 Å². The molecule has 0 aliphatic carbocycles. The van der Waals surface area contributed by atoms with Gasteiger partial charge in [-0.1, -0.05) is 143 Å². The highest BCUT2D eigenvalue weighted by atomic mass is 29.8. The molecule has 1 saturated heterocycles. The van der Waals surface area contributed by atoms with Crippen LogP contribution in [0.2, 0.25) is 48.4 Å². The van der Waals surface area contributed by atoms with Crippen LogP contribution in [0.4, 0.5) is 0 Å². The van der Waals surface area contributed by atoms with Gasteiger partial charge < -0.3 is 4.43 Å². The number of rotatable bonds is 16. The molecule has 0 aromatic rings. The minimum Gasteiger partial charge on any atom is -0.423 e. The van der Waals surface area contributed by atoms with Crippen LogP contribution in [-0.4, -0.2) is 35.9 Å². The Bertz CT molecular complexity index is 402. The number of hydrogen-bond acceptors (Lipinski definition) is 1. The largest absolute Gasteiger partial charge is 0.423 e. The van der Waals surface area contributed by atoms with E-state index in [2.05, 4.69) is 55.4 Å². The van der Waals surface area contributed by atoms with Gasteiger partial charge in [0.15, 0.2) is 7.83 Å². The normalized spacial score (nSPS) is 21.6. The second-order valence-corrected chi connectivity index (χ2v) is 44.6. The van der Waals surface area contributed by atoms with Gasteiger partial charge in [-0.2, -0.15) is 0 Å². The first-order chi connectivity index (χ1) is 14.4. The van der Waals surface area contributed by atoms with Gasteiger partial charge >= 0.3 is 0 Å². The second kappa shape index (κ2) is 13.5. The zero-order valence-electron chi connectivity index (χ0n) is 22.4. The molecule has 1 heterocycles. The summed E-state index contributed by atoms with van der Waals surface area (Å²) < 4.78 is 7.63. The molecule has 1 rings (SSSR count). The number of hydrogen-bond donors (Lipinski definition) is 0. The van der Waals surface area contributed by atoms with E-state index in [1.54, 1.807) is 36.3 Å². The smallest absolute Gasteiger partial charge is 0.176 e. The maximum atomic E-state index is 7.63. The summed E-state index contributed by atoms with van der Waals surface area (Å²) in [4.78, 5) is 0. The molecule has 0 unspecified atom stereocenters. The minimum absolute atomic E-state index is 1.31. The maximum absolute atomic E-state index is 7.63. The van der Waals surface area contributed by atoms with E-state index in [4.69, 9.17) is 4.43 Å². The fraction of sp³-hybridized carbons (Fsp3) is 1.00. The summed E-state index contributed by atoms with van der Waals surface area (Å²) in [6.45, 7) is 20.1. The monoisotopic (exact) mass is 486 g/mol. The molecule has 0 N–H and O–H groups in total. The maximum Gasteiger partial charge on any atom is 0.176 e. The topological polar surface area (TPSA) is 9.23 Å². The van der Waals surface area contributed by atoms with Crippen LogP contribution in [0.3, 0.4) is 0 Å². The van der Waals surface area contributed by atoms with Crippen LogP contribution < -0.4 is 0 Å². The van der Waals surface area contributed by atoms with E-state index in [0.29, 0.717) is 0 Å². The molecule has 1 fully saturated rings. The molecule has 0 aromatic heterocycles. The third-order valence-corrected chi connectivity index (χ3v) is 73.6. The van der Waals surface area contributed by atoms with Crippen LogP contribution in [0.1, 0.15) is 107 Å². The highest BCUT2D eigenvalue weighted by molar-refractivity contribution is 7.84. The van der Waals surface area contributed by atoms with Gasteiger partial charge in [-0.15, -0.1) is 0 Å². The molecule has 1 aliphatic heterocycles. The third-order valence-electron chi connectivity index (χ3n) is 8.90. The molecular formula is C25H58OSi4. The van der Waals surface area contributed by atoms with Gasteiger partial charge in [0, 0.05) is 13.3 Å². The Kier molecular flexibility index (Phi) is 13.0. The van der Waals surface area contributed by atoms with Crippen LogP contribution >= 0.6 is 0 Å². The summed E-state index contributed by atoms with van der Waals surface area (Å²) in [5, 5.41) is 0. The summed E-state index contributed by atoms with van der Waals surface area (Å²) in [5.74, 6) is 0. The Morgan fingerprint density at radius 3 is 1.10 bits per heavy atom. The Hall–Kier alpha value is 0.828. The molecule has 0 radical (unpaired) electrons. The van der Waals surface area contributed by atoms with Gasteiger partial charge in [0.05, 0.1) is 14.7 Å². The average molecular weight is 487 g/mol. The molecule has 1 aliphatic rings. The standard InChI is InChI=1S/C25H58OSi4/c1-9-17-27(18-10-2)25-26-28(19-11-3,20-12-4)30(23-15-7,24-16-8)29(27,21-13-5)22-14-6/h9-25H2,1-8H3. The molecule has 0 atom stereocenters.